The molecule has 2 fully saturated rings. The fourth-order valence-corrected chi connectivity index (χ4v) is 6.96. The molecule has 1 atom stereocenters. The molecule has 1 aromatic heterocycles. The first-order valence-electron chi connectivity index (χ1n) is 15.8. The zero-order valence-electron chi connectivity index (χ0n) is 25.0. The van der Waals surface area contributed by atoms with Gasteiger partial charge in [-0.25, -0.2) is 4.39 Å². The summed E-state index contributed by atoms with van der Waals surface area (Å²) >= 11 is 0. The largest absolute Gasteiger partial charge is 0.345 e. The van der Waals surface area contributed by atoms with Gasteiger partial charge in [-0.15, -0.1) is 0 Å². The zero-order valence-corrected chi connectivity index (χ0v) is 25.0. The van der Waals surface area contributed by atoms with Gasteiger partial charge >= 0.3 is 0 Å². The van der Waals surface area contributed by atoms with Gasteiger partial charge in [-0.2, -0.15) is 0 Å². The Bertz CT molecular complexity index is 1620. The van der Waals surface area contributed by atoms with Crippen molar-refractivity contribution in [1.29, 1.82) is 0 Å². The molecule has 224 valence electrons. The second kappa shape index (κ2) is 13.2. The molecule has 0 bridgehead atoms. The minimum atomic E-state index is -0.424. The van der Waals surface area contributed by atoms with Crippen LogP contribution in [0, 0.1) is 5.82 Å². The number of hydrogen-bond acceptors (Lipinski definition) is 4. The number of piperidine rings is 2. The first-order chi connectivity index (χ1) is 21.0. The third-order valence-corrected chi connectivity index (χ3v) is 9.23. The molecule has 0 radical (unpaired) electrons. The van der Waals surface area contributed by atoms with E-state index in [2.05, 4.69) is 22.0 Å². The van der Waals surface area contributed by atoms with E-state index in [1.807, 2.05) is 48.5 Å². The fraction of sp³-hybridized carbons (Fsp3) is 0.389. The number of aromatic nitrogens is 1. The molecule has 1 amide bonds. The molecule has 1 N–H and O–H groups in total. The van der Waals surface area contributed by atoms with E-state index in [4.69, 9.17) is 0 Å². The van der Waals surface area contributed by atoms with E-state index in [0.717, 1.165) is 37.9 Å². The van der Waals surface area contributed by atoms with Crippen LogP contribution >= 0.6 is 0 Å². The van der Waals surface area contributed by atoms with Gasteiger partial charge < -0.3 is 10.2 Å². The van der Waals surface area contributed by atoms with Crippen LogP contribution in [0.15, 0.2) is 83.7 Å². The average molecular weight is 581 g/mol. The molecule has 0 unspecified atom stereocenters. The summed E-state index contributed by atoms with van der Waals surface area (Å²) < 4.78 is 16.1. The molecule has 0 aliphatic carbocycles. The lowest BCUT2D eigenvalue weighted by Crippen LogP contribution is -2.47. The van der Waals surface area contributed by atoms with E-state index in [0.29, 0.717) is 40.3 Å². The van der Waals surface area contributed by atoms with Gasteiger partial charge in [0, 0.05) is 36.4 Å². The molecule has 43 heavy (non-hydrogen) atoms. The maximum atomic E-state index is 14.6. The van der Waals surface area contributed by atoms with Crippen LogP contribution in [-0.2, 0) is 6.54 Å². The molecule has 3 heterocycles. The smallest absolute Gasteiger partial charge is 0.263 e. The first-order valence-corrected chi connectivity index (χ1v) is 15.8. The summed E-state index contributed by atoms with van der Waals surface area (Å²) in [7, 11) is 0. The molecule has 7 heteroatoms. The number of benzene rings is 3. The Hall–Kier alpha value is -3.81. The van der Waals surface area contributed by atoms with Crippen LogP contribution in [0.3, 0.4) is 0 Å². The lowest BCUT2D eigenvalue weighted by molar-refractivity contribution is 0.0873. The Kier molecular flexibility index (Phi) is 9.00. The predicted octanol–water partition coefficient (Wildman–Crippen LogP) is 6.46. The maximum absolute atomic E-state index is 14.6. The molecule has 2 aliphatic heterocycles. The average Bonchev–Trinajstić information content (AvgIpc) is 3.05. The van der Waals surface area contributed by atoms with Gasteiger partial charge in [0.1, 0.15) is 5.82 Å². The fourth-order valence-electron chi connectivity index (χ4n) is 6.96. The van der Waals surface area contributed by atoms with Crippen molar-refractivity contribution < 1.29 is 9.18 Å². The van der Waals surface area contributed by atoms with Crippen molar-refractivity contribution in [3.63, 3.8) is 0 Å². The van der Waals surface area contributed by atoms with Crippen molar-refractivity contribution in [2.75, 3.05) is 26.2 Å². The monoisotopic (exact) mass is 580 g/mol. The topological polar surface area (TPSA) is 57.6 Å². The third-order valence-electron chi connectivity index (χ3n) is 9.23. The molecule has 6 rings (SSSR count). The molecule has 2 aliphatic rings. The van der Waals surface area contributed by atoms with Crippen molar-refractivity contribution in [2.24, 2.45) is 0 Å². The lowest BCUT2D eigenvalue weighted by atomic mass is 9.97. The molecule has 6 nitrogen and oxygen atoms in total. The van der Waals surface area contributed by atoms with E-state index in [1.165, 1.54) is 44.5 Å². The Morgan fingerprint density at radius 2 is 1.58 bits per heavy atom. The van der Waals surface area contributed by atoms with Gasteiger partial charge in [0.15, 0.2) is 0 Å². The Labute approximate surface area is 253 Å². The highest BCUT2D eigenvalue weighted by Gasteiger charge is 2.29. The van der Waals surface area contributed by atoms with E-state index >= 15 is 0 Å². The number of carbonyl (C=O) groups is 1. The normalized spacial score (nSPS) is 17.6. The van der Waals surface area contributed by atoms with Crippen molar-refractivity contribution in [2.45, 2.75) is 64.1 Å². The van der Waals surface area contributed by atoms with Crippen LogP contribution in [0.25, 0.3) is 16.5 Å². The Morgan fingerprint density at radius 3 is 2.28 bits per heavy atom. The summed E-state index contributed by atoms with van der Waals surface area (Å²) in [4.78, 5) is 33.5. The van der Waals surface area contributed by atoms with Crippen molar-refractivity contribution in [1.82, 2.24) is 19.7 Å². The van der Waals surface area contributed by atoms with Gasteiger partial charge in [-0.1, -0.05) is 67.9 Å². The van der Waals surface area contributed by atoms with E-state index in [9.17, 15) is 14.0 Å². The summed E-state index contributed by atoms with van der Waals surface area (Å²) in [6, 6.07) is 23.8. The SMILES string of the molecule is CC[C@H](NC(=O)c1c(CN2CCC(N3CCCCC3)CC2)n(-c2cccc(F)c2)c(=O)c2ccccc12)c1ccccc1. The molecule has 3 aromatic carbocycles. The van der Waals surface area contributed by atoms with Crippen LogP contribution in [-0.4, -0.2) is 52.5 Å². The number of halogens is 1. The third kappa shape index (κ3) is 6.29. The number of likely N-dealkylation sites (tertiary alicyclic amines) is 2. The van der Waals surface area contributed by atoms with E-state index < -0.39 is 5.82 Å². The molecule has 4 aromatic rings. The van der Waals surface area contributed by atoms with Gasteiger partial charge in [0.25, 0.3) is 11.5 Å². The lowest BCUT2D eigenvalue weighted by Gasteiger charge is -2.40. The molecular formula is C36H41FN4O2. The summed E-state index contributed by atoms with van der Waals surface area (Å²) in [6.45, 7) is 6.60. The summed E-state index contributed by atoms with van der Waals surface area (Å²) in [5.74, 6) is -0.651. The van der Waals surface area contributed by atoms with Crippen molar-refractivity contribution in [3.8, 4) is 5.69 Å². The van der Waals surface area contributed by atoms with Gasteiger partial charge in [0.05, 0.1) is 23.0 Å². The van der Waals surface area contributed by atoms with Gasteiger partial charge in [0.2, 0.25) is 0 Å². The molecular weight excluding hydrogens is 539 g/mol. The zero-order chi connectivity index (χ0) is 29.8. The Balaban J connectivity index is 1.42. The van der Waals surface area contributed by atoms with Crippen LogP contribution in [0.2, 0.25) is 0 Å². The highest BCUT2D eigenvalue weighted by molar-refractivity contribution is 6.08. The number of pyridine rings is 1. The van der Waals surface area contributed by atoms with Crippen molar-refractivity contribution in [3.05, 3.63) is 112 Å². The Morgan fingerprint density at radius 1 is 0.884 bits per heavy atom. The highest BCUT2D eigenvalue weighted by atomic mass is 19.1. The van der Waals surface area contributed by atoms with E-state index in [1.54, 1.807) is 22.8 Å². The number of amides is 1. The second-order valence-corrected chi connectivity index (χ2v) is 11.9. The first kappa shape index (κ1) is 29.3. The van der Waals surface area contributed by atoms with Crippen molar-refractivity contribution >= 4 is 16.7 Å². The molecule has 2 saturated heterocycles. The van der Waals surface area contributed by atoms with Crippen LogP contribution in [0.1, 0.15) is 73.1 Å². The highest BCUT2D eigenvalue weighted by Crippen LogP contribution is 2.28. The number of fused-ring (bicyclic) bond motifs is 1. The van der Waals surface area contributed by atoms with Crippen LogP contribution < -0.4 is 10.9 Å². The quantitative estimate of drug-likeness (QED) is 0.260. The van der Waals surface area contributed by atoms with Gasteiger partial charge in [-0.05, 0) is 75.0 Å². The minimum Gasteiger partial charge on any atom is -0.345 e. The van der Waals surface area contributed by atoms with Crippen LogP contribution in [0.4, 0.5) is 4.39 Å². The summed E-state index contributed by atoms with van der Waals surface area (Å²) in [5.41, 5.74) is 2.30. The minimum absolute atomic E-state index is 0.185. The number of hydrogen-bond donors (Lipinski definition) is 1. The number of nitrogens with one attached hydrogen (secondary N) is 1. The number of nitrogens with zero attached hydrogens (tertiary/aromatic N) is 3. The number of rotatable bonds is 8. The maximum Gasteiger partial charge on any atom is 0.263 e. The summed E-state index contributed by atoms with van der Waals surface area (Å²) in [6.07, 6.45) is 6.71. The predicted molar refractivity (Wildman–Crippen MR) is 170 cm³/mol. The van der Waals surface area contributed by atoms with Crippen LogP contribution in [0.5, 0.6) is 0 Å². The van der Waals surface area contributed by atoms with E-state index in [-0.39, 0.29) is 17.5 Å². The summed E-state index contributed by atoms with van der Waals surface area (Å²) in [5, 5.41) is 4.34. The molecule has 0 saturated carbocycles. The molecule has 0 spiro atoms. The van der Waals surface area contributed by atoms with Gasteiger partial charge in [-0.3, -0.25) is 19.1 Å². The standard InChI is InChI=1S/C36H41FN4O2/c1-2-32(26-12-5-3-6-13-26)38-35(42)34-30-16-7-8-17-31(30)36(43)41(29-15-11-14-27(37)24-29)33(34)25-39-22-18-28(19-23-39)40-20-9-4-10-21-40/h3,5-8,11-17,24,28,32H,2,4,9-10,18-23,25H2,1H3,(H,38,42)/t32-/m0/s1. The second-order valence-electron chi connectivity index (χ2n) is 11.9. The number of carbonyl (C=O) groups excluding carboxylic acids is 1.